The van der Waals surface area contributed by atoms with Crippen molar-refractivity contribution in [1.29, 1.82) is 0 Å². The van der Waals surface area contributed by atoms with Gasteiger partial charge in [0.05, 0.1) is 6.10 Å². The molecule has 2 aromatic heterocycles. The molecule has 0 spiro atoms. The second-order valence-electron chi connectivity index (χ2n) is 6.27. The molecule has 1 saturated carbocycles. The molecule has 22 heavy (non-hydrogen) atoms. The van der Waals surface area contributed by atoms with Crippen molar-refractivity contribution >= 4 is 5.95 Å². The Morgan fingerprint density at radius 3 is 2.68 bits per heavy atom. The molecule has 2 fully saturated rings. The molecule has 3 heterocycles. The van der Waals surface area contributed by atoms with Crippen LogP contribution < -0.4 is 4.90 Å². The molecular weight excluding hydrogens is 280 g/mol. The molecular formula is C15H22N6O. The Hall–Kier alpha value is -1.89. The Balaban J connectivity index is 1.61. The molecule has 1 aliphatic heterocycles. The van der Waals surface area contributed by atoms with Crippen LogP contribution in [0.25, 0.3) is 11.5 Å². The van der Waals surface area contributed by atoms with E-state index < -0.39 is 0 Å². The van der Waals surface area contributed by atoms with Crippen LogP contribution in [0.4, 0.5) is 5.95 Å². The fourth-order valence-electron chi connectivity index (χ4n) is 3.13. The Bertz CT molecular complexity index is 610. The third-order valence-electron chi connectivity index (χ3n) is 4.67. The van der Waals surface area contributed by atoms with E-state index in [1.54, 1.807) is 13.3 Å². The largest absolute Gasteiger partial charge is 0.381 e. The van der Waals surface area contributed by atoms with Crippen LogP contribution in [-0.2, 0) is 11.3 Å². The van der Waals surface area contributed by atoms with Crippen molar-refractivity contribution in [2.75, 3.05) is 25.1 Å². The van der Waals surface area contributed by atoms with E-state index >= 15 is 0 Å². The Morgan fingerprint density at radius 1 is 1.23 bits per heavy atom. The molecule has 0 unspecified atom stereocenters. The summed E-state index contributed by atoms with van der Waals surface area (Å²) in [5.41, 5.74) is 0.936. The van der Waals surface area contributed by atoms with Gasteiger partial charge in [0.15, 0.2) is 5.82 Å². The van der Waals surface area contributed by atoms with Gasteiger partial charge in [0.1, 0.15) is 5.69 Å². The van der Waals surface area contributed by atoms with Gasteiger partial charge < -0.3 is 9.64 Å². The fourth-order valence-corrected chi connectivity index (χ4v) is 3.13. The van der Waals surface area contributed by atoms with Crippen molar-refractivity contribution in [1.82, 2.24) is 25.0 Å². The van der Waals surface area contributed by atoms with E-state index in [4.69, 9.17) is 4.74 Å². The van der Waals surface area contributed by atoms with Gasteiger partial charge in [0.2, 0.25) is 5.95 Å². The molecule has 2 aromatic rings. The topological polar surface area (TPSA) is 71.9 Å². The summed E-state index contributed by atoms with van der Waals surface area (Å²) >= 11 is 0. The van der Waals surface area contributed by atoms with E-state index in [2.05, 4.69) is 29.9 Å². The lowest BCUT2D eigenvalue weighted by Gasteiger charge is -2.32. The third-order valence-corrected chi connectivity index (χ3v) is 4.67. The number of ether oxygens (including phenoxy) is 1. The number of rotatable bonds is 5. The number of nitrogens with zero attached hydrogens (tertiary/aromatic N) is 5. The highest BCUT2D eigenvalue weighted by molar-refractivity contribution is 5.52. The van der Waals surface area contributed by atoms with Gasteiger partial charge in [-0.25, -0.2) is 0 Å². The van der Waals surface area contributed by atoms with E-state index in [0.717, 1.165) is 55.9 Å². The highest BCUT2D eigenvalue weighted by Crippen LogP contribution is 2.34. The summed E-state index contributed by atoms with van der Waals surface area (Å²) in [6.07, 6.45) is 6.86. The van der Waals surface area contributed by atoms with Crippen molar-refractivity contribution in [3.63, 3.8) is 0 Å². The molecule has 0 atom stereocenters. The van der Waals surface area contributed by atoms with Gasteiger partial charge in [-0.05, 0) is 37.7 Å². The summed E-state index contributed by atoms with van der Waals surface area (Å²) in [7, 11) is 1.80. The Kier molecular flexibility index (Phi) is 3.57. The maximum Gasteiger partial charge on any atom is 0.227 e. The monoisotopic (exact) mass is 302 g/mol. The SMILES string of the molecule is COC1CCN(c2nnc(-c3ccn[nH]3)n2CC2CC2)CC1. The van der Waals surface area contributed by atoms with E-state index in [9.17, 15) is 0 Å². The molecule has 118 valence electrons. The molecule has 1 saturated heterocycles. The molecule has 7 heteroatoms. The number of H-pyrrole nitrogens is 1. The first-order valence-electron chi connectivity index (χ1n) is 8.06. The predicted molar refractivity (Wildman–Crippen MR) is 82.6 cm³/mol. The molecule has 1 aliphatic carbocycles. The number of hydrogen-bond donors (Lipinski definition) is 1. The number of methoxy groups -OCH3 is 1. The number of anilines is 1. The average molecular weight is 302 g/mol. The van der Waals surface area contributed by atoms with Crippen LogP contribution in [0.2, 0.25) is 0 Å². The van der Waals surface area contributed by atoms with Gasteiger partial charge in [0.25, 0.3) is 0 Å². The number of nitrogens with one attached hydrogen (secondary N) is 1. The van der Waals surface area contributed by atoms with Crippen LogP contribution in [0, 0.1) is 5.92 Å². The minimum Gasteiger partial charge on any atom is -0.381 e. The number of aromatic amines is 1. The van der Waals surface area contributed by atoms with Crippen LogP contribution in [-0.4, -0.2) is 51.3 Å². The van der Waals surface area contributed by atoms with E-state index in [1.165, 1.54) is 12.8 Å². The summed E-state index contributed by atoms with van der Waals surface area (Å²) in [5, 5.41) is 15.9. The molecule has 0 bridgehead atoms. The first kappa shape index (κ1) is 13.8. The maximum absolute atomic E-state index is 5.46. The molecule has 0 aromatic carbocycles. The third kappa shape index (κ3) is 2.61. The zero-order valence-corrected chi connectivity index (χ0v) is 12.9. The number of hydrogen-bond acceptors (Lipinski definition) is 5. The lowest BCUT2D eigenvalue weighted by atomic mass is 10.1. The standard InChI is InChI=1S/C15H22N6O/c1-22-12-5-8-20(9-6-12)15-19-18-14(13-4-7-16-17-13)21(15)10-11-2-3-11/h4,7,11-12H,2-3,5-6,8-10H2,1H3,(H,16,17). The van der Waals surface area contributed by atoms with Gasteiger partial charge in [-0.2, -0.15) is 5.10 Å². The van der Waals surface area contributed by atoms with E-state index in [0.29, 0.717) is 6.10 Å². The summed E-state index contributed by atoms with van der Waals surface area (Å²) in [4.78, 5) is 2.34. The average Bonchev–Trinajstić information content (AvgIpc) is 3.04. The van der Waals surface area contributed by atoms with Crippen molar-refractivity contribution < 1.29 is 4.74 Å². The van der Waals surface area contributed by atoms with Crippen molar-refractivity contribution in [2.24, 2.45) is 5.92 Å². The number of aromatic nitrogens is 5. The van der Waals surface area contributed by atoms with Crippen LogP contribution >= 0.6 is 0 Å². The lowest BCUT2D eigenvalue weighted by molar-refractivity contribution is 0.0815. The molecule has 2 aliphatic rings. The summed E-state index contributed by atoms with van der Waals surface area (Å²) in [5.74, 6) is 2.66. The summed E-state index contributed by atoms with van der Waals surface area (Å²) in [6.45, 7) is 2.95. The Labute approximate surface area is 129 Å². The smallest absolute Gasteiger partial charge is 0.227 e. The molecule has 4 rings (SSSR count). The predicted octanol–water partition coefficient (Wildman–Crippen LogP) is 1.69. The molecule has 7 nitrogen and oxygen atoms in total. The lowest BCUT2D eigenvalue weighted by Crippen LogP contribution is -2.38. The van der Waals surface area contributed by atoms with Crippen molar-refractivity contribution in [2.45, 2.75) is 38.3 Å². The molecule has 0 radical (unpaired) electrons. The fraction of sp³-hybridized carbons (Fsp3) is 0.667. The van der Waals surface area contributed by atoms with Gasteiger partial charge in [-0.3, -0.25) is 9.67 Å². The number of piperidine rings is 1. The van der Waals surface area contributed by atoms with Crippen molar-refractivity contribution in [3.05, 3.63) is 12.3 Å². The van der Waals surface area contributed by atoms with E-state index in [-0.39, 0.29) is 0 Å². The van der Waals surface area contributed by atoms with Crippen LogP contribution in [0.5, 0.6) is 0 Å². The van der Waals surface area contributed by atoms with Crippen LogP contribution in [0.15, 0.2) is 12.3 Å². The van der Waals surface area contributed by atoms with Gasteiger partial charge in [-0.15, -0.1) is 10.2 Å². The zero-order chi connectivity index (χ0) is 14.9. The second-order valence-corrected chi connectivity index (χ2v) is 6.27. The molecule has 0 amide bonds. The normalized spacial score (nSPS) is 19.8. The van der Waals surface area contributed by atoms with E-state index in [1.807, 2.05) is 6.07 Å². The second kappa shape index (κ2) is 5.72. The van der Waals surface area contributed by atoms with Crippen LogP contribution in [0.1, 0.15) is 25.7 Å². The van der Waals surface area contributed by atoms with Gasteiger partial charge in [0, 0.05) is 32.9 Å². The van der Waals surface area contributed by atoms with Gasteiger partial charge >= 0.3 is 0 Å². The Morgan fingerprint density at radius 2 is 2.05 bits per heavy atom. The quantitative estimate of drug-likeness (QED) is 0.910. The molecule has 1 N–H and O–H groups in total. The summed E-state index contributed by atoms with van der Waals surface area (Å²) < 4.78 is 7.72. The highest BCUT2D eigenvalue weighted by atomic mass is 16.5. The van der Waals surface area contributed by atoms with Crippen molar-refractivity contribution in [3.8, 4) is 11.5 Å². The summed E-state index contributed by atoms with van der Waals surface area (Å²) in [6, 6.07) is 1.95. The van der Waals surface area contributed by atoms with Crippen LogP contribution in [0.3, 0.4) is 0 Å². The maximum atomic E-state index is 5.46. The zero-order valence-electron chi connectivity index (χ0n) is 12.9. The first-order chi connectivity index (χ1) is 10.8. The first-order valence-corrected chi connectivity index (χ1v) is 8.06. The highest BCUT2D eigenvalue weighted by Gasteiger charge is 2.29. The minimum absolute atomic E-state index is 0.378. The van der Waals surface area contributed by atoms with Gasteiger partial charge in [-0.1, -0.05) is 0 Å². The minimum atomic E-state index is 0.378.